The van der Waals surface area contributed by atoms with Crippen molar-refractivity contribution in [1.29, 1.82) is 0 Å². The summed E-state index contributed by atoms with van der Waals surface area (Å²) in [5.74, 6) is 0. The van der Waals surface area contributed by atoms with Gasteiger partial charge < -0.3 is 0 Å². The molecule has 1 aliphatic rings. The lowest BCUT2D eigenvalue weighted by atomic mass is 9.94. The van der Waals surface area contributed by atoms with Crippen LogP contribution in [0.1, 0.15) is 12.8 Å². The van der Waals surface area contributed by atoms with Crippen molar-refractivity contribution in [2.45, 2.75) is 12.8 Å². The van der Waals surface area contributed by atoms with Crippen molar-refractivity contribution in [2.75, 3.05) is 0 Å². The molecule has 0 saturated heterocycles. The van der Waals surface area contributed by atoms with Crippen LogP contribution in [-0.2, 0) is 0 Å². The summed E-state index contributed by atoms with van der Waals surface area (Å²) in [5.41, 5.74) is 1.26. The van der Waals surface area contributed by atoms with Crippen LogP contribution in [0, 0.1) is 5.38 Å². The van der Waals surface area contributed by atoms with Gasteiger partial charge in [0, 0.05) is 0 Å². The van der Waals surface area contributed by atoms with Gasteiger partial charge in [-0.15, -0.1) is 11.6 Å². The molecule has 6 heavy (non-hydrogen) atoms. The van der Waals surface area contributed by atoms with Crippen LogP contribution in [0.2, 0.25) is 0 Å². The molecule has 1 radical (unpaired) electrons. The van der Waals surface area contributed by atoms with Crippen LogP contribution in [0.25, 0.3) is 0 Å². The van der Waals surface area contributed by atoms with Crippen molar-refractivity contribution in [3.05, 3.63) is 17.5 Å². The van der Waals surface area contributed by atoms with E-state index >= 15 is 0 Å². The summed E-state index contributed by atoms with van der Waals surface area (Å²) < 4.78 is 0. The van der Waals surface area contributed by atoms with E-state index in [0.717, 1.165) is 18.2 Å². The Morgan fingerprint density at radius 3 is 2.00 bits per heavy atom. The lowest BCUT2D eigenvalue weighted by molar-refractivity contribution is 0.813. The Labute approximate surface area is 42.8 Å². The van der Waals surface area contributed by atoms with E-state index in [1.165, 1.54) is 5.57 Å². The fourth-order valence-corrected chi connectivity index (χ4v) is 0.869. The Hall–Kier alpha value is 0.0300. The third kappa shape index (κ3) is 0.574. The van der Waals surface area contributed by atoms with Crippen LogP contribution < -0.4 is 0 Å². The Balaban J connectivity index is 2.28. The van der Waals surface area contributed by atoms with Gasteiger partial charge in [0.25, 0.3) is 0 Å². The second-order valence-corrected chi connectivity index (χ2v) is 2.16. The molecule has 1 rings (SSSR count). The maximum absolute atomic E-state index is 5.50. The molecule has 0 aromatic heterocycles. The molecule has 1 heteroatoms. The molecule has 0 N–H and O–H groups in total. The fraction of sp³-hybridized carbons (Fsp3) is 0.400. The smallest absolute Gasteiger partial charge is 0.0717 e. The molecular formula is C5H6Cl. The fourth-order valence-electron chi connectivity index (χ4n) is 0.491. The maximum atomic E-state index is 5.50. The third-order valence-corrected chi connectivity index (χ3v) is 1.15. The van der Waals surface area contributed by atoms with Gasteiger partial charge >= 0.3 is 0 Å². The van der Waals surface area contributed by atoms with Gasteiger partial charge in [-0.2, -0.15) is 0 Å². The third-order valence-electron chi connectivity index (χ3n) is 0.884. The van der Waals surface area contributed by atoms with E-state index < -0.39 is 0 Å². The van der Waals surface area contributed by atoms with E-state index in [4.69, 9.17) is 11.6 Å². The monoisotopic (exact) mass is 101 g/mol. The Morgan fingerprint density at radius 2 is 2.00 bits per heavy atom. The zero-order valence-corrected chi connectivity index (χ0v) is 4.26. The largest absolute Gasteiger partial charge is 0.117 e. The number of halogens is 1. The van der Waals surface area contributed by atoms with Gasteiger partial charge in [-0.25, -0.2) is 0 Å². The van der Waals surface area contributed by atoms with E-state index in [1.807, 2.05) is 0 Å². The molecule has 0 atom stereocenters. The first-order valence-corrected chi connectivity index (χ1v) is 2.33. The summed E-state index contributed by atoms with van der Waals surface area (Å²) >= 11 is 5.50. The predicted octanol–water partition coefficient (Wildman–Crippen LogP) is 2.11. The van der Waals surface area contributed by atoms with Crippen molar-refractivity contribution in [1.82, 2.24) is 0 Å². The number of allylic oxidation sites excluding steroid dienone is 1. The van der Waals surface area contributed by atoms with Crippen LogP contribution in [0.3, 0.4) is 0 Å². The molecule has 0 heterocycles. The summed E-state index contributed by atoms with van der Waals surface area (Å²) in [6.45, 7) is 3.71. The normalized spacial score (nSPS) is 23.8. The molecule has 0 aliphatic heterocycles. The van der Waals surface area contributed by atoms with Crippen LogP contribution in [-0.4, -0.2) is 0 Å². The number of hydrogen-bond acceptors (Lipinski definition) is 0. The second-order valence-electron chi connectivity index (χ2n) is 1.62. The van der Waals surface area contributed by atoms with E-state index in [-0.39, 0.29) is 0 Å². The van der Waals surface area contributed by atoms with Crippen molar-refractivity contribution in [3.63, 3.8) is 0 Å². The van der Waals surface area contributed by atoms with Crippen LogP contribution in [0.5, 0.6) is 0 Å². The van der Waals surface area contributed by atoms with Crippen LogP contribution >= 0.6 is 11.6 Å². The molecule has 33 valence electrons. The van der Waals surface area contributed by atoms with Crippen LogP contribution in [0.4, 0.5) is 0 Å². The molecule has 0 amide bonds. The van der Waals surface area contributed by atoms with Gasteiger partial charge in [0.1, 0.15) is 0 Å². The average molecular weight is 102 g/mol. The minimum atomic E-state index is 0.960. The minimum absolute atomic E-state index is 0.960. The molecule has 0 unspecified atom stereocenters. The minimum Gasteiger partial charge on any atom is -0.117 e. The molecule has 0 aromatic carbocycles. The van der Waals surface area contributed by atoms with Gasteiger partial charge in [0.2, 0.25) is 0 Å². The van der Waals surface area contributed by atoms with Gasteiger partial charge in [0.05, 0.1) is 5.38 Å². The number of hydrogen-bond donors (Lipinski definition) is 0. The molecule has 0 nitrogen and oxygen atoms in total. The lowest BCUT2D eigenvalue weighted by Gasteiger charge is -2.19. The highest BCUT2D eigenvalue weighted by Gasteiger charge is 2.18. The summed E-state index contributed by atoms with van der Waals surface area (Å²) in [4.78, 5) is 0. The van der Waals surface area contributed by atoms with Crippen LogP contribution in [0.15, 0.2) is 12.2 Å². The zero-order chi connectivity index (χ0) is 4.57. The standard InChI is InChI=1S/C5H6Cl/c1-4-2-5(6)3-4/h1-3H2. The van der Waals surface area contributed by atoms with E-state index in [0.29, 0.717) is 0 Å². The summed E-state index contributed by atoms with van der Waals surface area (Å²) in [6.07, 6.45) is 1.92. The summed E-state index contributed by atoms with van der Waals surface area (Å²) in [6, 6.07) is 0. The van der Waals surface area contributed by atoms with Crippen molar-refractivity contribution in [2.24, 2.45) is 0 Å². The van der Waals surface area contributed by atoms with Crippen molar-refractivity contribution < 1.29 is 0 Å². The van der Waals surface area contributed by atoms with Crippen molar-refractivity contribution >= 4 is 11.6 Å². The van der Waals surface area contributed by atoms with E-state index in [2.05, 4.69) is 6.58 Å². The molecule has 0 aromatic rings. The quantitative estimate of drug-likeness (QED) is 0.410. The summed E-state index contributed by atoms with van der Waals surface area (Å²) in [7, 11) is 0. The molecule has 0 bridgehead atoms. The SMILES string of the molecule is C=C1C[C](Cl)C1. The molecule has 1 saturated carbocycles. The topological polar surface area (TPSA) is 0 Å². The molecule has 1 fully saturated rings. The van der Waals surface area contributed by atoms with Crippen molar-refractivity contribution in [3.8, 4) is 0 Å². The Kier molecular flexibility index (Phi) is 0.886. The highest BCUT2D eigenvalue weighted by Crippen LogP contribution is 2.36. The van der Waals surface area contributed by atoms with Gasteiger partial charge in [-0.3, -0.25) is 0 Å². The lowest BCUT2D eigenvalue weighted by Crippen LogP contribution is -2.03. The van der Waals surface area contributed by atoms with E-state index in [9.17, 15) is 0 Å². The van der Waals surface area contributed by atoms with E-state index in [1.54, 1.807) is 0 Å². The molecular weight excluding hydrogens is 95.5 g/mol. The average Bonchev–Trinajstić information content (AvgIpc) is 1.33. The zero-order valence-electron chi connectivity index (χ0n) is 3.50. The first-order chi connectivity index (χ1) is 2.79. The Morgan fingerprint density at radius 1 is 1.50 bits per heavy atom. The molecule has 0 spiro atoms. The predicted molar refractivity (Wildman–Crippen MR) is 27.5 cm³/mol. The number of rotatable bonds is 0. The van der Waals surface area contributed by atoms with Gasteiger partial charge in [-0.1, -0.05) is 12.2 Å². The Bertz CT molecular complexity index is 68.0. The first-order valence-electron chi connectivity index (χ1n) is 1.96. The first kappa shape index (κ1) is 4.20. The molecule has 1 aliphatic carbocycles. The second kappa shape index (κ2) is 1.27. The summed E-state index contributed by atoms with van der Waals surface area (Å²) in [5, 5.41) is 1.06. The highest BCUT2D eigenvalue weighted by molar-refractivity contribution is 6.28. The highest BCUT2D eigenvalue weighted by atomic mass is 35.5. The van der Waals surface area contributed by atoms with Gasteiger partial charge in [0.15, 0.2) is 0 Å². The van der Waals surface area contributed by atoms with Gasteiger partial charge in [-0.05, 0) is 12.8 Å². The maximum Gasteiger partial charge on any atom is 0.0717 e.